The second kappa shape index (κ2) is 9.18. The van der Waals surface area contributed by atoms with Crippen molar-refractivity contribution >= 4 is 21.5 Å². The van der Waals surface area contributed by atoms with E-state index in [0.717, 1.165) is 38.1 Å². The molecular weight excluding hydrogens is 474 g/mol. The highest BCUT2D eigenvalue weighted by atomic mass is 32.2. The van der Waals surface area contributed by atoms with Gasteiger partial charge in [-0.2, -0.15) is 13.2 Å². The number of rotatable bonds is 5. The van der Waals surface area contributed by atoms with Crippen molar-refractivity contribution in [2.45, 2.75) is 11.1 Å². The number of benzene rings is 2. The van der Waals surface area contributed by atoms with Gasteiger partial charge in [0.05, 0.1) is 16.2 Å². The van der Waals surface area contributed by atoms with Crippen molar-refractivity contribution in [2.75, 3.05) is 42.8 Å². The third kappa shape index (κ3) is 5.28. The number of piperazine rings is 1. The molecule has 1 N–H and O–H groups in total. The summed E-state index contributed by atoms with van der Waals surface area (Å²) in [5.41, 5.74) is -0.479. The molecule has 0 radical (unpaired) electrons. The molecule has 1 aromatic heterocycles. The van der Waals surface area contributed by atoms with Crippen molar-refractivity contribution in [1.29, 1.82) is 0 Å². The number of anilines is 2. The molecule has 0 atom stereocenters. The number of alkyl halides is 3. The molecule has 180 valence electrons. The average molecular weight is 496 g/mol. The van der Waals surface area contributed by atoms with Gasteiger partial charge >= 0.3 is 6.18 Å². The smallest absolute Gasteiger partial charge is 0.353 e. The van der Waals surface area contributed by atoms with Crippen LogP contribution in [0.1, 0.15) is 5.56 Å². The van der Waals surface area contributed by atoms with Crippen LogP contribution < -0.4 is 9.62 Å². The van der Waals surface area contributed by atoms with Crippen molar-refractivity contribution in [1.82, 2.24) is 15.1 Å². The second-order valence-electron chi connectivity index (χ2n) is 7.89. The normalized spacial score (nSPS) is 15.4. The number of nitrogens with one attached hydrogen (secondary N) is 1. The van der Waals surface area contributed by atoms with Crippen molar-refractivity contribution in [3.8, 4) is 11.3 Å². The number of aromatic nitrogens is 2. The Bertz CT molecular complexity index is 1280. The van der Waals surface area contributed by atoms with Crippen LogP contribution in [-0.2, 0) is 16.2 Å². The summed E-state index contributed by atoms with van der Waals surface area (Å²) in [5, 5.41) is 8.51. The fraction of sp³-hybridized carbons (Fsp3) is 0.273. The average Bonchev–Trinajstić information content (AvgIpc) is 2.79. The van der Waals surface area contributed by atoms with Gasteiger partial charge in [0, 0.05) is 37.4 Å². The molecular formula is C22H21F4N5O2S. The largest absolute Gasteiger partial charge is 0.419 e. The number of halogens is 4. The van der Waals surface area contributed by atoms with Crippen LogP contribution >= 0.6 is 0 Å². The van der Waals surface area contributed by atoms with Crippen LogP contribution in [0.15, 0.2) is 59.5 Å². The summed E-state index contributed by atoms with van der Waals surface area (Å²) < 4.78 is 80.0. The fourth-order valence-electron chi connectivity index (χ4n) is 3.53. The lowest BCUT2D eigenvalue weighted by Gasteiger charge is -2.32. The van der Waals surface area contributed by atoms with Crippen LogP contribution in [0.2, 0.25) is 0 Å². The van der Waals surface area contributed by atoms with Crippen molar-refractivity contribution in [3.63, 3.8) is 0 Å². The van der Waals surface area contributed by atoms with E-state index in [-0.39, 0.29) is 11.8 Å². The molecule has 1 fully saturated rings. The standard InChI is InChI=1S/C22H21F4N5O2S/c1-30-9-11-31(12-10-30)21-8-7-20(27-28-21)15-3-2-4-16(13-15)29-34(32,33)17-5-6-19(23)18(14-17)22(24,25)26/h2-8,13-14,29H,9-12H2,1H3. The van der Waals surface area contributed by atoms with E-state index in [4.69, 9.17) is 0 Å². The maximum atomic E-state index is 13.5. The van der Waals surface area contributed by atoms with Gasteiger partial charge in [0.25, 0.3) is 10.0 Å². The Labute approximate surface area is 194 Å². The third-order valence-corrected chi connectivity index (χ3v) is 6.82. The minimum atomic E-state index is -5.02. The summed E-state index contributed by atoms with van der Waals surface area (Å²) in [5.74, 6) is -0.808. The number of likely N-dealkylation sites (N-methyl/N-ethyl adjacent to an activating group) is 1. The van der Waals surface area contributed by atoms with Crippen LogP contribution in [0, 0.1) is 5.82 Å². The van der Waals surface area contributed by atoms with E-state index in [1.807, 2.05) is 6.07 Å². The lowest BCUT2D eigenvalue weighted by molar-refractivity contribution is -0.140. The maximum Gasteiger partial charge on any atom is 0.419 e. The molecule has 12 heteroatoms. The molecule has 0 bridgehead atoms. The summed E-state index contributed by atoms with van der Waals surface area (Å²) >= 11 is 0. The topological polar surface area (TPSA) is 78.4 Å². The zero-order valence-electron chi connectivity index (χ0n) is 18.1. The SMILES string of the molecule is CN1CCN(c2ccc(-c3cccc(NS(=O)(=O)c4ccc(F)c(C(F)(F)F)c4)c3)nn2)CC1. The van der Waals surface area contributed by atoms with Gasteiger partial charge in [-0.15, -0.1) is 10.2 Å². The van der Waals surface area contributed by atoms with Gasteiger partial charge in [0.1, 0.15) is 5.82 Å². The number of sulfonamides is 1. The fourth-order valence-corrected chi connectivity index (χ4v) is 4.60. The first kappa shape index (κ1) is 23.9. The molecule has 4 rings (SSSR count). The lowest BCUT2D eigenvalue weighted by atomic mass is 10.1. The number of nitrogens with zero attached hydrogens (tertiary/aromatic N) is 4. The maximum absolute atomic E-state index is 13.5. The van der Waals surface area contributed by atoms with Gasteiger partial charge in [-0.05, 0) is 49.5 Å². The van der Waals surface area contributed by atoms with Gasteiger partial charge < -0.3 is 9.80 Å². The zero-order valence-corrected chi connectivity index (χ0v) is 18.9. The van der Waals surface area contributed by atoms with Crippen LogP contribution in [0.5, 0.6) is 0 Å². The van der Waals surface area contributed by atoms with Crippen molar-refractivity contribution in [3.05, 3.63) is 66.0 Å². The zero-order chi connectivity index (χ0) is 24.5. The Balaban J connectivity index is 1.54. The first-order valence-corrected chi connectivity index (χ1v) is 11.8. The molecule has 34 heavy (non-hydrogen) atoms. The molecule has 0 aliphatic carbocycles. The molecule has 7 nitrogen and oxygen atoms in total. The number of hydrogen-bond donors (Lipinski definition) is 1. The van der Waals surface area contributed by atoms with Crippen LogP contribution in [-0.4, -0.2) is 56.7 Å². The van der Waals surface area contributed by atoms with E-state index in [1.54, 1.807) is 18.2 Å². The van der Waals surface area contributed by atoms with E-state index in [9.17, 15) is 26.0 Å². The predicted molar refractivity (Wildman–Crippen MR) is 119 cm³/mol. The van der Waals surface area contributed by atoms with E-state index >= 15 is 0 Å². The first-order valence-electron chi connectivity index (χ1n) is 10.3. The van der Waals surface area contributed by atoms with Gasteiger partial charge in [-0.1, -0.05) is 12.1 Å². The molecule has 2 aromatic carbocycles. The van der Waals surface area contributed by atoms with Crippen molar-refractivity contribution in [2.24, 2.45) is 0 Å². The van der Waals surface area contributed by atoms with Gasteiger partial charge in [-0.25, -0.2) is 12.8 Å². The van der Waals surface area contributed by atoms with E-state index in [0.29, 0.717) is 17.3 Å². The minimum absolute atomic E-state index is 0.111. The molecule has 0 unspecified atom stereocenters. The van der Waals surface area contributed by atoms with Gasteiger partial charge in [-0.3, -0.25) is 4.72 Å². The highest BCUT2D eigenvalue weighted by Crippen LogP contribution is 2.33. The highest BCUT2D eigenvalue weighted by Gasteiger charge is 2.35. The molecule has 0 amide bonds. The Hall–Kier alpha value is -3.25. The number of hydrogen-bond acceptors (Lipinski definition) is 6. The molecule has 1 aliphatic heterocycles. The Kier molecular flexibility index (Phi) is 6.45. The minimum Gasteiger partial charge on any atom is -0.353 e. The molecule has 3 aromatic rings. The summed E-state index contributed by atoms with van der Waals surface area (Å²) in [6, 6.07) is 11.3. The summed E-state index contributed by atoms with van der Waals surface area (Å²) in [6.07, 6.45) is -5.02. The first-order chi connectivity index (χ1) is 16.0. The van der Waals surface area contributed by atoms with Crippen LogP contribution in [0.4, 0.5) is 29.1 Å². The van der Waals surface area contributed by atoms with Crippen molar-refractivity contribution < 1.29 is 26.0 Å². The Morgan fingerprint density at radius 1 is 0.941 bits per heavy atom. The molecule has 2 heterocycles. The van der Waals surface area contributed by atoms with Gasteiger partial charge in [0.15, 0.2) is 5.82 Å². The second-order valence-corrected chi connectivity index (χ2v) is 9.58. The molecule has 0 saturated carbocycles. The molecule has 1 saturated heterocycles. The summed E-state index contributed by atoms with van der Waals surface area (Å²) in [6.45, 7) is 3.51. The third-order valence-electron chi connectivity index (χ3n) is 5.44. The Morgan fingerprint density at radius 3 is 2.32 bits per heavy atom. The quantitative estimate of drug-likeness (QED) is 0.542. The Morgan fingerprint density at radius 2 is 1.68 bits per heavy atom. The monoisotopic (exact) mass is 495 g/mol. The van der Waals surface area contributed by atoms with E-state index in [2.05, 4.69) is 31.8 Å². The van der Waals surface area contributed by atoms with Crippen LogP contribution in [0.3, 0.4) is 0 Å². The predicted octanol–water partition coefficient (Wildman–Crippen LogP) is 3.85. The molecule has 0 spiro atoms. The lowest BCUT2D eigenvalue weighted by Crippen LogP contribution is -2.44. The van der Waals surface area contributed by atoms with Gasteiger partial charge in [0.2, 0.25) is 0 Å². The summed E-state index contributed by atoms with van der Waals surface area (Å²) in [7, 11) is -2.35. The van der Waals surface area contributed by atoms with E-state index in [1.165, 1.54) is 12.1 Å². The van der Waals surface area contributed by atoms with Crippen LogP contribution in [0.25, 0.3) is 11.3 Å². The summed E-state index contributed by atoms with van der Waals surface area (Å²) in [4.78, 5) is 3.64. The van der Waals surface area contributed by atoms with E-state index < -0.39 is 32.5 Å². The highest BCUT2D eigenvalue weighted by molar-refractivity contribution is 7.92. The molecule has 1 aliphatic rings.